The van der Waals surface area contributed by atoms with Crippen LogP contribution in [0.4, 0.5) is 11.4 Å². The molecule has 0 radical (unpaired) electrons. The average molecular weight is 299 g/mol. The SMILES string of the molecule is O=C(COC(=O)C1CC1)Nc1cc([N+](=O)[O-])ccc1Cl. The number of carbonyl (C=O) groups excluding carboxylic acids is 2. The third-order valence-electron chi connectivity index (χ3n) is 2.69. The van der Waals surface area contributed by atoms with Crippen LogP contribution in [0.2, 0.25) is 5.02 Å². The van der Waals surface area contributed by atoms with Crippen molar-refractivity contribution in [3.05, 3.63) is 33.3 Å². The summed E-state index contributed by atoms with van der Waals surface area (Å²) in [6, 6.07) is 3.68. The van der Waals surface area contributed by atoms with Crippen LogP contribution in [0.5, 0.6) is 0 Å². The van der Waals surface area contributed by atoms with Crippen molar-refractivity contribution in [3.8, 4) is 0 Å². The number of nitrogens with zero attached hydrogens (tertiary/aromatic N) is 1. The Morgan fingerprint density at radius 2 is 2.15 bits per heavy atom. The first-order valence-electron chi connectivity index (χ1n) is 5.88. The molecule has 1 amide bonds. The number of esters is 1. The van der Waals surface area contributed by atoms with Crippen molar-refractivity contribution in [1.82, 2.24) is 0 Å². The van der Waals surface area contributed by atoms with Crippen LogP contribution in [0, 0.1) is 16.0 Å². The molecule has 1 aliphatic carbocycles. The minimum Gasteiger partial charge on any atom is -0.455 e. The summed E-state index contributed by atoms with van der Waals surface area (Å²) in [7, 11) is 0. The number of hydrogen-bond acceptors (Lipinski definition) is 5. The standard InChI is InChI=1S/C12H11ClN2O5/c13-9-4-3-8(15(18)19)5-10(9)14-11(16)6-20-12(17)7-1-2-7/h3-5,7H,1-2,6H2,(H,14,16). The number of halogens is 1. The Morgan fingerprint density at radius 3 is 2.75 bits per heavy atom. The molecular weight excluding hydrogens is 288 g/mol. The van der Waals surface area contributed by atoms with Gasteiger partial charge in [-0.2, -0.15) is 0 Å². The fourth-order valence-electron chi connectivity index (χ4n) is 1.48. The number of amides is 1. The lowest BCUT2D eigenvalue weighted by atomic mass is 10.3. The summed E-state index contributed by atoms with van der Waals surface area (Å²) in [5, 5.41) is 13.2. The minimum absolute atomic E-state index is 0.0933. The zero-order valence-electron chi connectivity index (χ0n) is 10.3. The van der Waals surface area contributed by atoms with Gasteiger partial charge in [-0.15, -0.1) is 0 Å². The van der Waals surface area contributed by atoms with Gasteiger partial charge in [0.15, 0.2) is 6.61 Å². The lowest BCUT2D eigenvalue weighted by molar-refractivity contribution is -0.384. The van der Waals surface area contributed by atoms with E-state index in [1.807, 2.05) is 0 Å². The first kappa shape index (κ1) is 14.3. The van der Waals surface area contributed by atoms with Gasteiger partial charge in [-0.1, -0.05) is 11.6 Å². The van der Waals surface area contributed by atoms with Crippen LogP contribution in [0.25, 0.3) is 0 Å². The molecule has 7 nitrogen and oxygen atoms in total. The molecule has 1 N–H and O–H groups in total. The monoisotopic (exact) mass is 298 g/mol. The molecule has 0 saturated heterocycles. The maximum atomic E-state index is 11.6. The van der Waals surface area contributed by atoms with Gasteiger partial charge in [0, 0.05) is 12.1 Å². The predicted molar refractivity (Wildman–Crippen MR) is 70.4 cm³/mol. The molecule has 2 rings (SSSR count). The van der Waals surface area contributed by atoms with Crippen molar-refractivity contribution < 1.29 is 19.2 Å². The van der Waals surface area contributed by atoms with Crippen molar-refractivity contribution in [2.75, 3.05) is 11.9 Å². The van der Waals surface area contributed by atoms with E-state index in [1.165, 1.54) is 12.1 Å². The van der Waals surface area contributed by atoms with Crippen LogP contribution in [0.1, 0.15) is 12.8 Å². The smallest absolute Gasteiger partial charge is 0.309 e. The van der Waals surface area contributed by atoms with Gasteiger partial charge in [-0.3, -0.25) is 19.7 Å². The Balaban J connectivity index is 1.94. The van der Waals surface area contributed by atoms with Gasteiger partial charge in [-0.25, -0.2) is 0 Å². The van der Waals surface area contributed by atoms with Crippen LogP contribution in [-0.2, 0) is 14.3 Å². The summed E-state index contributed by atoms with van der Waals surface area (Å²) in [6.07, 6.45) is 1.58. The molecule has 0 spiro atoms. The Morgan fingerprint density at radius 1 is 1.45 bits per heavy atom. The average Bonchev–Trinajstić information content (AvgIpc) is 3.22. The summed E-state index contributed by atoms with van der Waals surface area (Å²) < 4.78 is 4.79. The Kier molecular flexibility index (Phi) is 4.19. The molecule has 1 aliphatic rings. The molecule has 0 unspecified atom stereocenters. The van der Waals surface area contributed by atoms with Gasteiger partial charge in [0.05, 0.1) is 21.6 Å². The lowest BCUT2D eigenvalue weighted by Gasteiger charge is -2.07. The maximum Gasteiger partial charge on any atom is 0.309 e. The summed E-state index contributed by atoms with van der Waals surface area (Å²) in [5.74, 6) is -1.09. The molecule has 0 bridgehead atoms. The quantitative estimate of drug-likeness (QED) is 0.510. The second-order valence-corrected chi connectivity index (χ2v) is 4.76. The fraction of sp³-hybridized carbons (Fsp3) is 0.333. The van der Waals surface area contributed by atoms with Gasteiger partial charge < -0.3 is 10.1 Å². The van der Waals surface area contributed by atoms with Crippen molar-refractivity contribution in [2.24, 2.45) is 5.92 Å². The van der Waals surface area contributed by atoms with E-state index >= 15 is 0 Å². The van der Waals surface area contributed by atoms with Crippen LogP contribution < -0.4 is 5.32 Å². The molecule has 1 fully saturated rings. The van der Waals surface area contributed by atoms with E-state index in [0.717, 1.165) is 18.9 Å². The van der Waals surface area contributed by atoms with Gasteiger partial charge in [0.2, 0.25) is 0 Å². The summed E-state index contributed by atoms with van der Waals surface area (Å²) in [6.45, 7) is -0.436. The molecule has 0 atom stereocenters. The number of anilines is 1. The highest BCUT2D eigenvalue weighted by Gasteiger charge is 2.31. The third-order valence-corrected chi connectivity index (χ3v) is 3.02. The normalized spacial score (nSPS) is 13.7. The number of ether oxygens (including phenoxy) is 1. The van der Waals surface area contributed by atoms with E-state index < -0.39 is 23.4 Å². The van der Waals surface area contributed by atoms with Gasteiger partial charge in [0.25, 0.3) is 11.6 Å². The molecule has 20 heavy (non-hydrogen) atoms. The Labute approximate surface area is 119 Å². The van der Waals surface area contributed by atoms with Crippen LogP contribution in [0.3, 0.4) is 0 Å². The van der Waals surface area contributed by atoms with E-state index in [0.29, 0.717) is 0 Å². The van der Waals surface area contributed by atoms with Crippen molar-refractivity contribution in [1.29, 1.82) is 0 Å². The van der Waals surface area contributed by atoms with Crippen LogP contribution in [-0.4, -0.2) is 23.4 Å². The number of nitro groups is 1. The number of hydrogen-bond donors (Lipinski definition) is 1. The number of benzene rings is 1. The Bertz CT molecular complexity index is 571. The Hall–Kier alpha value is -2.15. The number of nitro benzene ring substituents is 1. The number of carbonyl (C=O) groups is 2. The molecule has 0 aromatic heterocycles. The highest BCUT2D eigenvalue weighted by Crippen LogP contribution is 2.30. The molecular formula is C12H11ClN2O5. The topological polar surface area (TPSA) is 98.5 Å². The van der Waals surface area contributed by atoms with Gasteiger partial charge >= 0.3 is 5.97 Å². The first-order chi connectivity index (χ1) is 9.47. The summed E-state index contributed by atoms with van der Waals surface area (Å²) in [4.78, 5) is 32.9. The lowest BCUT2D eigenvalue weighted by Crippen LogP contribution is -2.21. The second kappa shape index (κ2) is 5.87. The van der Waals surface area contributed by atoms with E-state index in [-0.39, 0.29) is 22.3 Å². The van der Waals surface area contributed by atoms with Gasteiger partial charge in [-0.05, 0) is 18.9 Å². The van der Waals surface area contributed by atoms with E-state index in [1.54, 1.807) is 0 Å². The zero-order valence-corrected chi connectivity index (χ0v) is 11.1. The van der Waals surface area contributed by atoms with Crippen molar-refractivity contribution in [2.45, 2.75) is 12.8 Å². The fourth-order valence-corrected chi connectivity index (χ4v) is 1.65. The number of nitrogens with one attached hydrogen (secondary N) is 1. The first-order valence-corrected chi connectivity index (χ1v) is 6.25. The molecule has 1 aromatic carbocycles. The van der Waals surface area contributed by atoms with E-state index in [9.17, 15) is 19.7 Å². The molecule has 0 heterocycles. The highest BCUT2D eigenvalue weighted by atomic mass is 35.5. The minimum atomic E-state index is -0.598. The van der Waals surface area contributed by atoms with Crippen molar-refractivity contribution >= 4 is 34.9 Å². The van der Waals surface area contributed by atoms with Gasteiger partial charge in [0.1, 0.15) is 0 Å². The van der Waals surface area contributed by atoms with Crippen LogP contribution in [0.15, 0.2) is 18.2 Å². The molecule has 106 valence electrons. The van der Waals surface area contributed by atoms with Crippen molar-refractivity contribution in [3.63, 3.8) is 0 Å². The maximum absolute atomic E-state index is 11.6. The third kappa shape index (κ3) is 3.67. The summed E-state index contributed by atoms with van der Waals surface area (Å²) >= 11 is 5.82. The van der Waals surface area contributed by atoms with E-state index in [4.69, 9.17) is 16.3 Å². The molecule has 1 saturated carbocycles. The zero-order chi connectivity index (χ0) is 14.7. The predicted octanol–water partition coefficient (Wildman–Crippen LogP) is 2.14. The summed E-state index contributed by atoms with van der Waals surface area (Å²) in [5.41, 5.74) is -0.0898. The van der Waals surface area contributed by atoms with E-state index in [2.05, 4.69) is 5.32 Å². The molecule has 0 aliphatic heterocycles. The molecule has 8 heteroatoms. The highest BCUT2D eigenvalue weighted by molar-refractivity contribution is 6.33. The number of rotatable bonds is 5. The molecule has 1 aromatic rings. The number of non-ortho nitro benzene ring substituents is 1. The largest absolute Gasteiger partial charge is 0.455 e. The second-order valence-electron chi connectivity index (χ2n) is 4.35. The van der Waals surface area contributed by atoms with Crippen LogP contribution >= 0.6 is 11.6 Å².